The Labute approximate surface area is 171 Å². The first-order valence-corrected chi connectivity index (χ1v) is 9.17. The van der Waals surface area contributed by atoms with Crippen molar-refractivity contribution in [2.75, 3.05) is 18.5 Å². The number of carbonyl (C=O) groups is 3. The maximum absolute atomic E-state index is 12.4. The zero-order valence-electron chi connectivity index (χ0n) is 16.3. The molecule has 3 heterocycles. The van der Waals surface area contributed by atoms with E-state index in [-0.39, 0.29) is 18.1 Å². The van der Waals surface area contributed by atoms with E-state index in [9.17, 15) is 14.4 Å². The molecule has 3 aromatic rings. The summed E-state index contributed by atoms with van der Waals surface area (Å²) in [7, 11) is 0. The number of nitrogens with one attached hydrogen (secondary N) is 1. The summed E-state index contributed by atoms with van der Waals surface area (Å²) in [5, 5.41) is 6.97. The van der Waals surface area contributed by atoms with E-state index in [1.165, 1.54) is 12.3 Å². The molecule has 0 fully saturated rings. The Morgan fingerprint density at radius 3 is 2.67 bits per heavy atom. The number of hydrogen-bond donors (Lipinski definition) is 1. The zero-order chi connectivity index (χ0) is 21.3. The minimum Gasteiger partial charge on any atom is -0.482 e. The summed E-state index contributed by atoms with van der Waals surface area (Å²) in [4.78, 5) is 40.3. The van der Waals surface area contributed by atoms with Crippen molar-refractivity contribution >= 4 is 23.3 Å². The fraction of sp³-hybridized carbons (Fsp3) is 0.190. The molecule has 0 radical (unpaired) electrons. The monoisotopic (exact) mass is 406 g/mol. The van der Waals surface area contributed by atoms with Gasteiger partial charge in [0.05, 0.1) is 16.9 Å². The summed E-state index contributed by atoms with van der Waals surface area (Å²) >= 11 is 0. The highest BCUT2D eigenvalue weighted by molar-refractivity contribution is 6.02. The van der Waals surface area contributed by atoms with Crippen LogP contribution in [0.4, 0.5) is 5.69 Å². The van der Waals surface area contributed by atoms with Crippen molar-refractivity contribution in [2.45, 2.75) is 13.8 Å². The average Bonchev–Trinajstić information content (AvgIpc) is 3.09. The van der Waals surface area contributed by atoms with Crippen LogP contribution >= 0.6 is 0 Å². The predicted molar refractivity (Wildman–Crippen MR) is 106 cm³/mol. The van der Waals surface area contributed by atoms with Crippen molar-refractivity contribution in [1.82, 2.24) is 14.8 Å². The second-order valence-corrected chi connectivity index (χ2v) is 6.79. The van der Waals surface area contributed by atoms with Crippen LogP contribution < -0.4 is 10.1 Å². The van der Waals surface area contributed by atoms with Crippen LogP contribution in [0.1, 0.15) is 32.1 Å². The minimum atomic E-state index is -0.662. The molecule has 0 spiro atoms. The highest BCUT2D eigenvalue weighted by atomic mass is 16.5. The highest BCUT2D eigenvalue weighted by Crippen LogP contribution is 2.28. The molecule has 0 saturated carbocycles. The van der Waals surface area contributed by atoms with Gasteiger partial charge in [-0.3, -0.25) is 9.59 Å². The Morgan fingerprint density at radius 1 is 1.17 bits per heavy atom. The Bertz CT molecular complexity index is 1150. The number of Topliss-reactive ketones (excluding diaryl/α,β-unsaturated/α-hetero) is 1. The molecule has 152 valence electrons. The number of hydrogen-bond acceptors (Lipinski definition) is 7. The maximum atomic E-state index is 12.4. The van der Waals surface area contributed by atoms with Gasteiger partial charge in [0.1, 0.15) is 5.75 Å². The third kappa shape index (κ3) is 3.90. The third-order valence-electron chi connectivity index (χ3n) is 4.48. The van der Waals surface area contributed by atoms with E-state index in [4.69, 9.17) is 9.47 Å². The molecule has 30 heavy (non-hydrogen) atoms. The van der Waals surface area contributed by atoms with Crippen molar-refractivity contribution in [3.8, 4) is 11.6 Å². The Kier molecular flexibility index (Phi) is 5.01. The number of ether oxygens (including phenoxy) is 2. The minimum absolute atomic E-state index is 0.0652. The first kappa shape index (κ1) is 19.3. The normalized spacial score (nSPS) is 12.5. The molecule has 1 aliphatic rings. The standard InChI is InChI=1S/C21H18N4O5/c1-12-7-13(2)25(24-12)19-6-4-15(9-22-19)21(28)30-10-17(26)14-3-5-18-16(8-14)23-20(27)11-29-18/h3-9H,10-11H2,1-2H3,(H,23,27). The van der Waals surface area contributed by atoms with Gasteiger partial charge in [-0.05, 0) is 50.2 Å². The Hall–Kier alpha value is -4.01. The SMILES string of the molecule is Cc1cc(C)n(-c2ccc(C(=O)OCC(=O)c3ccc4c(c3)NC(=O)CO4)cn2)n1. The molecule has 1 aliphatic heterocycles. The fourth-order valence-electron chi connectivity index (χ4n) is 3.05. The van der Waals surface area contributed by atoms with E-state index in [0.29, 0.717) is 22.8 Å². The summed E-state index contributed by atoms with van der Waals surface area (Å²) in [6.45, 7) is 3.29. The van der Waals surface area contributed by atoms with Crippen LogP contribution in [0.5, 0.6) is 5.75 Å². The lowest BCUT2D eigenvalue weighted by Gasteiger charge is -2.18. The van der Waals surface area contributed by atoms with Crippen LogP contribution in [0.3, 0.4) is 0 Å². The molecule has 0 aliphatic carbocycles. The molecule has 1 amide bonds. The van der Waals surface area contributed by atoms with Gasteiger partial charge in [0.2, 0.25) is 0 Å². The lowest BCUT2D eigenvalue weighted by atomic mass is 10.1. The second kappa shape index (κ2) is 7.78. The van der Waals surface area contributed by atoms with Gasteiger partial charge >= 0.3 is 5.97 Å². The van der Waals surface area contributed by atoms with Crippen molar-refractivity contribution in [3.05, 3.63) is 65.1 Å². The molecule has 9 heteroatoms. The van der Waals surface area contributed by atoms with Crippen LogP contribution in [-0.2, 0) is 9.53 Å². The van der Waals surface area contributed by atoms with Crippen LogP contribution in [0, 0.1) is 13.8 Å². The van der Waals surface area contributed by atoms with Gasteiger partial charge < -0.3 is 14.8 Å². The molecule has 4 rings (SSSR count). The average molecular weight is 406 g/mol. The molecule has 0 unspecified atom stereocenters. The van der Waals surface area contributed by atoms with Crippen molar-refractivity contribution < 1.29 is 23.9 Å². The number of rotatable bonds is 5. The molecular weight excluding hydrogens is 388 g/mol. The van der Waals surface area contributed by atoms with E-state index in [1.807, 2.05) is 19.9 Å². The van der Waals surface area contributed by atoms with Crippen LogP contribution in [0.25, 0.3) is 5.82 Å². The number of fused-ring (bicyclic) bond motifs is 1. The number of benzene rings is 1. The third-order valence-corrected chi connectivity index (χ3v) is 4.48. The molecule has 9 nitrogen and oxygen atoms in total. The van der Waals surface area contributed by atoms with E-state index < -0.39 is 18.4 Å². The largest absolute Gasteiger partial charge is 0.482 e. The topological polar surface area (TPSA) is 112 Å². The van der Waals surface area contributed by atoms with Crippen LogP contribution in [0.15, 0.2) is 42.6 Å². The quantitative estimate of drug-likeness (QED) is 0.511. The van der Waals surface area contributed by atoms with Crippen molar-refractivity contribution in [3.63, 3.8) is 0 Å². The number of ketones is 1. The van der Waals surface area contributed by atoms with Gasteiger partial charge in [-0.15, -0.1) is 0 Å². The zero-order valence-corrected chi connectivity index (χ0v) is 16.3. The maximum Gasteiger partial charge on any atom is 0.340 e. The van der Waals surface area contributed by atoms with Crippen LogP contribution in [0.2, 0.25) is 0 Å². The summed E-state index contributed by atoms with van der Waals surface area (Å²) in [5.74, 6) is -0.304. The van der Waals surface area contributed by atoms with E-state index in [2.05, 4.69) is 15.4 Å². The molecular formula is C21H18N4O5. The number of amides is 1. The number of aryl methyl sites for hydroxylation is 2. The van der Waals surface area contributed by atoms with Crippen LogP contribution in [-0.4, -0.2) is 45.6 Å². The molecule has 0 bridgehead atoms. The first-order valence-electron chi connectivity index (χ1n) is 9.17. The number of pyridine rings is 1. The van der Waals surface area contributed by atoms with Gasteiger partial charge in [-0.25, -0.2) is 14.5 Å². The molecule has 1 N–H and O–H groups in total. The number of aromatic nitrogens is 3. The summed E-state index contributed by atoms with van der Waals surface area (Å²) in [6, 6.07) is 9.78. The van der Waals surface area contributed by atoms with E-state index in [1.54, 1.807) is 28.9 Å². The summed E-state index contributed by atoms with van der Waals surface area (Å²) in [6.07, 6.45) is 1.38. The summed E-state index contributed by atoms with van der Waals surface area (Å²) in [5.41, 5.74) is 2.72. The lowest BCUT2D eigenvalue weighted by molar-refractivity contribution is -0.118. The number of esters is 1. The van der Waals surface area contributed by atoms with E-state index >= 15 is 0 Å². The van der Waals surface area contributed by atoms with Gasteiger partial charge in [-0.1, -0.05) is 0 Å². The number of nitrogens with zero attached hydrogens (tertiary/aromatic N) is 3. The molecule has 2 aromatic heterocycles. The smallest absolute Gasteiger partial charge is 0.340 e. The van der Waals surface area contributed by atoms with Crippen molar-refractivity contribution in [2.24, 2.45) is 0 Å². The van der Waals surface area contributed by atoms with Gasteiger partial charge in [-0.2, -0.15) is 5.10 Å². The number of carbonyl (C=O) groups excluding carboxylic acids is 3. The lowest BCUT2D eigenvalue weighted by Crippen LogP contribution is -2.25. The fourth-order valence-corrected chi connectivity index (χ4v) is 3.05. The first-order chi connectivity index (χ1) is 14.4. The van der Waals surface area contributed by atoms with Gasteiger partial charge in [0, 0.05) is 17.5 Å². The summed E-state index contributed by atoms with van der Waals surface area (Å²) < 4.78 is 12.0. The molecule has 0 atom stereocenters. The number of anilines is 1. The predicted octanol–water partition coefficient (Wildman–Crippen LogP) is 2.25. The molecule has 1 aromatic carbocycles. The van der Waals surface area contributed by atoms with E-state index in [0.717, 1.165) is 11.4 Å². The second-order valence-electron chi connectivity index (χ2n) is 6.79. The highest BCUT2D eigenvalue weighted by Gasteiger charge is 2.19. The Balaban J connectivity index is 1.40. The van der Waals surface area contributed by atoms with Gasteiger partial charge in [0.15, 0.2) is 24.8 Å². The van der Waals surface area contributed by atoms with Crippen molar-refractivity contribution in [1.29, 1.82) is 0 Å². The Morgan fingerprint density at radius 2 is 1.97 bits per heavy atom. The van der Waals surface area contributed by atoms with Gasteiger partial charge in [0.25, 0.3) is 5.91 Å². The molecule has 0 saturated heterocycles.